The van der Waals surface area contributed by atoms with Crippen LogP contribution in [0.4, 0.5) is 22.7 Å². The van der Waals surface area contributed by atoms with Gasteiger partial charge in [0.15, 0.2) is 0 Å². The highest BCUT2D eigenvalue weighted by Crippen LogP contribution is 2.39. The zero-order valence-corrected chi connectivity index (χ0v) is 22.3. The van der Waals surface area contributed by atoms with Gasteiger partial charge in [-0.15, -0.1) is 0 Å². The van der Waals surface area contributed by atoms with Crippen LogP contribution < -0.4 is 15.5 Å². The normalized spacial score (nSPS) is 16.2. The predicted octanol–water partition coefficient (Wildman–Crippen LogP) is 4.60. The Labute approximate surface area is 232 Å². The van der Waals surface area contributed by atoms with Gasteiger partial charge in [0.05, 0.1) is 29.4 Å². The van der Waals surface area contributed by atoms with Crippen molar-refractivity contribution in [3.8, 4) is 0 Å². The Morgan fingerprint density at radius 3 is 2.48 bits per heavy atom. The Hall–Kier alpha value is -4.54. The van der Waals surface area contributed by atoms with Gasteiger partial charge in [0, 0.05) is 67.4 Å². The van der Waals surface area contributed by atoms with E-state index < -0.39 is 4.92 Å². The number of non-ortho nitro benzene ring substituents is 1. The highest BCUT2D eigenvalue weighted by atomic mass is 16.6. The second-order valence-electron chi connectivity index (χ2n) is 9.58. The number of carbonyl (C=O) groups is 2. The number of nitro benzene ring substituents is 1. The van der Waals surface area contributed by atoms with E-state index in [0.717, 1.165) is 30.9 Å². The molecule has 0 bridgehead atoms. The molecule has 0 spiro atoms. The minimum absolute atomic E-state index is 0.0434. The predicted molar refractivity (Wildman–Crippen MR) is 155 cm³/mol. The summed E-state index contributed by atoms with van der Waals surface area (Å²) in [6.07, 6.45) is 0.397. The Morgan fingerprint density at radius 2 is 1.80 bits per heavy atom. The SMILES string of the molecule is CCC(=O)N(CCN1CCOCC1)c1ccc(N/C(=C2\C(=O)Nc3ccc([N+](=O)[O-])cc32)c2ccccc2)cc1. The first kappa shape index (κ1) is 27.0. The van der Waals surface area contributed by atoms with Crippen LogP contribution in [0, 0.1) is 10.1 Å². The lowest BCUT2D eigenvalue weighted by Crippen LogP contribution is -2.43. The first-order valence-corrected chi connectivity index (χ1v) is 13.3. The van der Waals surface area contributed by atoms with Crippen molar-refractivity contribution in [3.05, 3.63) is 94.0 Å². The molecule has 0 atom stereocenters. The largest absolute Gasteiger partial charge is 0.379 e. The smallest absolute Gasteiger partial charge is 0.270 e. The number of carbonyl (C=O) groups excluding carboxylic acids is 2. The molecule has 3 aromatic carbocycles. The van der Waals surface area contributed by atoms with E-state index in [9.17, 15) is 19.7 Å². The van der Waals surface area contributed by atoms with Crippen LogP contribution in [-0.2, 0) is 14.3 Å². The van der Waals surface area contributed by atoms with Crippen LogP contribution in [-0.4, -0.2) is 61.0 Å². The number of nitrogens with zero attached hydrogens (tertiary/aromatic N) is 3. The zero-order valence-electron chi connectivity index (χ0n) is 22.3. The van der Waals surface area contributed by atoms with Crippen LogP contribution >= 0.6 is 0 Å². The maximum atomic E-state index is 13.1. The molecule has 0 radical (unpaired) electrons. The van der Waals surface area contributed by atoms with E-state index in [2.05, 4.69) is 15.5 Å². The van der Waals surface area contributed by atoms with Crippen molar-refractivity contribution in [3.63, 3.8) is 0 Å². The summed E-state index contributed by atoms with van der Waals surface area (Å²) in [6, 6.07) is 21.2. The lowest BCUT2D eigenvalue weighted by atomic mass is 9.99. The van der Waals surface area contributed by atoms with Crippen molar-refractivity contribution in [2.45, 2.75) is 13.3 Å². The number of anilines is 3. The minimum Gasteiger partial charge on any atom is -0.379 e. The Kier molecular flexibility index (Phi) is 8.18. The summed E-state index contributed by atoms with van der Waals surface area (Å²) in [5.74, 6) is -0.303. The van der Waals surface area contributed by atoms with Crippen LogP contribution in [0.2, 0.25) is 0 Å². The lowest BCUT2D eigenvalue weighted by molar-refractivity contribution is -0.384. The van der Waals surface area contributed by atoms with E-state index in [1.807, 2.05) is 61.5 Å². The number of benzene rings is 3. The monoisotopic (exact) mass is 541 g/mol. The van der Waals surface area contributed by atoms with Gasteiger partial charge in [-0.1, -0.05) is 37.3 Å². The van der Waals surface area contributed by atoms with Gasteiger partial charge < -0.3 is 20.3 Å². The van der Waals surface area contributed by atoms with Crippen molar-refractivity contribution < 1.29 is 19.2 Å². The first-order chi connectivity index (χ1) is 19.4. The highest BCUT2D eigenvalue weighted by Gasteiger charge is 2.30. The van der Waals surface area contributed by atoms with Gasteiger partial charge in [0.2, 0.25) is 5.91 Å². The second kappa shape index (κ2) is 12.1. The molecule has 2 heterocycles. The summed E-state index contributed by atoms with van der Waals surface area (Å²) < 4.78 is 5.43. The molecule has 10 heteroatoms. The third kappa shape index (κ3) is 5.88. The summed E-state index contributed by atoms with van der Waals surface area (Å²) in [4.78, 5) is 41.0. The number of hydrogen-bond donors (Lipinski definition) is 2. The summed E-state index contributed by atoms with van der Waals surface area (Å²) in [5, 5.41) is 17.6. The van der Waals surface area contributed by atoms with E-state index in [1.165, 1.54) is 12.1 Å². The van der Waals surface area contributed by atoms with Crippen LogP contribution in [0.15, 0.2) is 72.8 Å². The van der Waals surface area contributed by atoms with Crippen molar-refractivity contribution in [1.29, 1.82) is 0 Å². The van der Waals surface area contributed by atoms with Gasteiger partial charge >= 0.3 is 0 Å². The molecule has 40 heavy (non-hydrogen) atoms. The van der Waals surface area contributed by atoms with E-state index >= 15 is 0 Å². The van der Waals surface area contributed by atoms with Gasteiger partial charge in [-0.25, -0.2) is 0 Å². The molecule has 1 fully saturated rings. The molecule has 2 N–H and O–H groups in total. The van der Waals surface area contributed by atoms with E-state index in [0.29, 0.717) is 54.4 Å². The molecule has 2 aliphatic rings. The Morgan fingerprint density at radius 1 is 1.07 bits per heavy atom. The number of amides is 2. The third-order valence-corrected chi connectivity index (χ3v) is 7.07. The highest BCUT2D eigenvalue weighted by molar-refractivity contribution is 6.37. The third-order valence-electron chi connectivity index (χ3n) is 7.07. The number of ether oxygens (including phenoxy) is 1. The Balaban J connectivity index is 1.45. The van der Waals surface area contributed by atoms with Crippen molar-refractivity contribution in [2.24, 2.45) is 0 Å². The summed E-state index contributed by atoms with van der Waals surface area (Å²) >= 11 is 0. The molecule has 2 amide bonds. The number of rotatable bonds is 9. The average molecular weight is 542 g/mol. The van der Waals surface area contributed by atoms with Crippen LogP contribution in [0.5, 0.6) is 0 Å². The molecule has 0 aliphatic carbocycles. The van der Waals surface area contributed by atoms with E-state index in [1.54, 1.807) is 11.0 Å². The summed E-state index contributed by atoms with van der Waals surface area (Å²) in [6.45, 7) is 6.32. The summed E-state index contributed by atoms with van der Waals surface area (Å²) in [5.41, 5.74) is 3.99. The van der Waals surface area contributed by atoms with Crippen molar-refractivity contribution in [1.82, 2.24) is 4.90 Å². The molecular weight excluding hydrogens is 510 g/mol. The van der Waals surface area contributed by atoms with Gasteiger partial charge in [0.1, 0.15) is 0 Å². The van der Waals surface area contributed by atoms with Crippen LogP contribution in [0.25, 0.3) is 11.3 Å². The van der Waals surface area contributed by atoms with Gasteiger partial charge in [0.25, 0.3) is 11.6 Å². The van der Waals surface area contributed by atoms with Crippen LogP contribution in [0.3, 0.4) is 0 Å². The topological polar surface area (TPSA) is 117 Å². The molecule has 5 rings (SSSR count). The molecule has 3 aromatic rings. The van der Waals surface area contributed by atoms with Gasteiger partial charge in [-0.2, -0.15) is 0 Å². The molecule has 2 aliphatic heterocycles. The quantitative estimate of drug-likeness (QED) is 0.231. The maximum absolute atomic E-state index is 13.1. The van der Waals surface area contributed by atoms with Crippen molar-refractivity contribution in [2.75, 3.05) is 54.9 Å². The molecule has 0 unspecified atom stereocenters. The second-order valence-corrected chi connectivity index (χ2v) is 9.58. The lowest BCUT2D eigenvalue weighted by Gasteiger charge is -2.30. The number of nitrogens with one attached hydrogen (secondary N) is 2. The fourth-order valence-corrected chi connectivity index (χ4v) is 4.92. The molecule has 206 valence electrons. The number of nitro groups is 1. The van der Waals surface area contributed by atoms with E-state index in [-0.39, 0.29) is 17.5 Å². The Bertz CT molecular complexity index is 1430. The zero-order chi connectivity index (χ0) is 28.1. The van der Waals surface area contributed by atoms with Gasteiger partial charge in [-0.05, 0) is 35.9 Å². The minimum atomic E-state index is -0.475. The molecule has 0 aromatic heterocycles. The van der Waals surface area contributed by atoms with Crippen molar-refractivity contribution >= 4 is 45.8 Å². The van der Waals surface area contributed by atoms with Crippen LogP contribution in [0.1, 0.15) is 24.5 Å². The fourth-order valence-electron chi connectivity index (χ4n) is 4.92. The standard InChI is InChI=1S/C30H31N5O5/c1-2-27(36)34(15-14-33-16-18-40-19-17-33)23-10-8-22(9-11-23)31-29(21-6-4-3-5-7-21)28-25-20-24(35(38)39)12-13-26(25)32-30(28)37/h3-13,20,31H,2,14-19H2,1H3,(H,32,37)/b29-28-. The first-order valence-electron chi connectivity index (χ1n) is 13.3. The molecule has 10 nitrogen and oxygen atoms in total. The van der Waals surface area contributed by atoms with Gasteiger partial charge in [-0.3, -0.25) is 24.6 Å². The molecular formula is C30H31N5O5. The molecule has 0 saturated carbocycles. The maximum Gasteiger partial charge on any atom is 0.270 e. The summed E-state index contributed by atoms with van der Waals surface area (Å²) in [7, 11) is 0. The average Bonchev–Trinajstić information content (AvgIpc) is 3.32. The fraction of sp³-hybridized carbons (Fsp3) is 0.267. The number of fused-ring (bicyclic) bond motifs is 1. The molecule has 1 saturated heterocycles. The number of hydrogen-bond acceptors (Lipinski definition) is 7. The number of morpholine rings is 1. The van der Waals surface area contributed by atoms with E-state index in [4.69, 9.17) is 4.74 Å².